The Bertz CT molecular complexity index is 1130. The monoisotopic (exact) mass is 434 g/mol. The highest BCUT2D eigenvalue weighted by Crippen LogP contribution is 2.38. The Morgan fingerprint density at radius 2 is 1.73 bits per heavy atom. The third-order valence-electron chi connectivity index (χ3n) is 4.59. The number of hydrogen-bond donors (Lipinski definition) is 2. The SMILES string of the molecule is Cc1cc(C)nc(N[C@H](c2ccsc2)c2cc(C)sc2NC(=O)c2ccccc2)n1. The van der Waals surface area contributed by atoms with Crippen molar-refractivity contribution in [2.75, 3.05) is 10.6 Å². The third kappa shape index (κ3) is 4.58. The summed E-state index contributed by atoms with van der Waals surface area (Å²) < 4.78 is 0. The average Bonchev–Trinajstić information content (AvgIpc) is 3.36. The summed E-state index contributed by atoms with van der Waals surface area (Å²) in [5, 5.41) is 11.6. The molecule has 0 aliphatic rings. The smallest absolute Gasteiger partial charge is 0.256 e. The molecule has 7 heteroatoms. The minimum atomic E-state index is -0.173. The lowest BCUT2D eigenvalue weighted by Gasteiger charge is -2.19. The highest BCUT2D eigenvalue weighted by Gasteiger charge is 2.23. The molecule has 0 radical (unpaired) electrons. The lowest BCUT2D eigenvalue weighted by molar-refractivity contribution is 0.102. The second kappa shape index (κ2) is 8.77. The van der Waals surface area contributed by atoms with Crippen LogP contribution in [-0.2, 0) is 0 Å². The molecule has 152 valence electrons. The van der Waals surface area contributed by atoms with Crippen LogP contribution in [0.4, 0.5) is 10.9 Å². The number of benzene rings is 1. The highest BCUT2D eigenvalue weighted by atomic mass is 32.1. The first-order chi connectivity index (χ1) is 14.5. The van der Waals surface area contributed by atoms with E-state index in [-0.39, 0.29) is 11.9 Å². The predicted molar refractivity (Wildman–Crippen MR) is 125 cm³/mol. The van der Waals surface area contributed by atoms with Gasteiger partial charge in [0.15, 0.2) is 0 Å². The summed E-state index contributed by atoms with van der Waals surface area (Å²) in [6.45, 7) is 5.96. The van der Waals surface area contributed by atoms with Crippen molar-refractivity contribution in [1.82, 2.24) is 9.97 Å². The Balaban J connectivity index is 1.70. The van der Waals surface area contributed by atoms with E-state index < -0.39 is 0 Å². The fourth-order valence-electron chi connectivity index (χ4n) is 3.31. The molecule has 30 heavy (non-hydrogen) atoms. The molecule has 1 amide bonds. The molecule has 0 fully saturated rings. The minimum absolute atomic E-state index is 0.120. The third-order valence-corrected chi connectivity index (χ3v) is 6.27. The van der Waals surface area contributed by atoms with Crippen molar-refractivity contribution in [2.45, 2.75) is 26.8 Å². The van der Waals surface area contributed by atoms with Crippen LogP contribution in [0.15, 0.2) is 59.3 Å². The van der Waals surface area contributed by atoms with Crippen LogP contribution in [0.1, 0.15) is 43.8 Å². The lowest BCUT2D eigenvalue weighted by Crippen LogP contribution is -2.17. The fourth-order valence-corrected chi connectivity index (χ4v) is 4.94. The zero-order chi connectivity index (χ0) is 21.1. The van der Waals surface area contributed by atoms with Crippen LogP contribution in [0.5, 0.6) is 0 Å². The number of nitrogens with zero attached hydrogens (tertiary/aromatic N) is 2. The number of rotatable bonds is 6. The molecule has 0 saturated heterocycles. The maximum atomic E-state index is 12.8. The molecule has 0 bridgehead atoms. The van der Waals surface area contributed by atoms with Gasteiger partial charge in [0.25, 0.3) is 5.91 Å². The van der Waals surface area contributed by atoms with E-state index in [1.54, 1.807) is 22.7 Å². The second-order valence-corrected chi connectivity index (χ2v) is 9.11. The minimum Gasteiger partial charge on any atom is -0.343 e. The van der Waals surface area contributed by atoms with Gasteiger partial charge in [0, 0.05) is 27.4 Å². The van der Waals surface area contributed by atoms with E-state index in [2.05, 4.69) is 38.1 Å². The van der Waals surface area contributed by atoms with Gasteiger partial charge in [-0.05, 0) is 67.4 Å². The Kier molecular flexibility index (Phi) is 5.92. The van der Waals surface area contributed by atoms with Crippen molar-refractivity contribution in [3.63, 3.8) is 0 Å². The van der Waals surface area contributed by atoms with Gasteiger partial charge in [-0.3, -0.25) is 4.79 Å². The van der Waals surface area contributed by atoms with E-state index in [1.165, 1.54) is 0 Å². The maximum absolute atomic E-state index is 12.8. The van der Waals surface area contributed by atoms with Gasteiger partial charge >= 0.3 is 0 Å². The maximum Gasteiger partial charge on any atom is 0.256 e. The summed E-state index contributed by atoms with van der Waals surface area (Å²) in [4.78, 5) is 23.0. The molecule has 3 heterocycles. The van der Waals surface area contributed by atoms with Gasteiger partial charge in [0.2, 0.25) is 5.95 Å². The van der Waals surface area contributed by atoms with E-state index in [1.807, 2.05) is 62.5 Å². The number of anilines is 2. The van der Waals surface area contributed by atoms with E-state index in [4.69, 9.17) is 0 Å². The normalized spacial score (nSPS) is 11.8. The van der Waals surface area contributed by atoms with Crippen molar-refractivity contribution in [1.29, 1.82) is 0 Å². The Morgan fingerprint density at radius 3 is 2.40 bits per heavy atom. The van der Waals surface area contributed by atoms with Crippen LogP contribution in [0.25, 0.3) is 0 Å². The number of hydrogen-bond acceptors (Lipinski definition) is 6. The molecule has 0 spiro atoms. The van der Waals surface area contributed by atoms with Gasteiger partial charge in [0.05, 0.1) is 6.04 Å². The molecule has 0 saturated carbocycles. The summed E-state index contributed by atoms with van der Waals surface area (Å²) in [5.41, 5.74) is 4.56. The first kappa shape index (κ1) is 20.3. The van der Waals surface area contributed by atoms with Crippen molar-refractivity contribution in [3.05, 3.63) is 92.2 Å². The molecule has 4 rings (SSSR count). The summed E-state index contributed by atoms with van der Waals surface area (Å²) >= 11 is 3.21. The van der Waals surface area contributed by atoms with Crippen LogP contribution in [0.3, 0.4) is 0 Å². The number of aryl methyl sites for hydroxylation is 3. The predicted octanol–water partition coefficient (Wildman–Crippen LogP) is 5.98. The zero-order valence-corrected chi connectivity index (χ0v) is 18.6. The standard InChI is InChI=1S/C23H22N4OS2/c1-14-11-15(2)25-23(24-14)26-20(18-9-10-29-13-18)19-12-16(3)30-22(19)27-21(28)17-7-5-4-6-8-17/h4-13,20H,1-3H3,(H,27,28)(H,24,25,26)/t20-/m1/s1. The van der Waals surface area contributed by atoms with Crippen LogP contribution >= 0.6 is 22.7 Å². The van der Waals surface area contributed by atoms with Crippen molar-refractivity contribution in [2.24, 2.45) is 0 Å². The Morgan fingerprint density at radius 1 is 1.00 bits per heavy atom. The van der Waals surface area contributed by atoms with E-state index in [0.717, 1.165) is 32.4 Å². The molecule has 5 nitrogen and oxygen atoms in total. The molecule has 2 N–H and O–H groups in total. The first-order valence-electron chi connectivity index (χ1n) is 9.57. The van der Waals surface area contributed by atoms with Crippen LogP contribution in [-0.4, -0.2) is 15.9 Å². The first-order valence-corrected chi connectivity index (χ1v) is 11.3. The van der Waals surface area contributed by atoms with E-state index >= 15 is 0 Å². The van der Waals surface area contributed by atoms with Crippen LogP contribution in [0.2, 0.25) is 0 Å². The Hall–Kier alpha value is -3.03. The summed E-state index contributed by atoms with van der Waals surface area (Å²) in [6.07, 6.45) is 0. The quantitative estimate of drug-likeness (QED) is 0.392. The van der Waals surface area contributed by atoms with Gasteiger partial charge in [-0.1, -0.05) is 18.2 Å². The molecular formula is C23H22N4OS2. The zero-order valence-electron chi connectivity index (χ0n) is 17.0. The van der Waals surface area contributed by atoms with E-state index in [9.17, 15) is 4.79 Å². The van der Waals surface area contributed by atoms with Crippen LogP contribution in [0, 0.1) is 20.8 Å². The number of aromatic nitrogens is 2. The van der Waals surface area contributed by atoms with Crippen molar-refractivity contribution < 1.29 is 4.79 Å². The Labute approximate surface area is 183 Å². The number of carbonyl (C=O) groups excluding carboxylic acids is 1. The second-order valence-electron chi connectivity index (χ2n) is 7.07. The topological polar surface area (TPSA) is 66.9 Å². The molecule has 3 aromatic heterocycles. The number of amides is 1. The molecular weight excluding hydrogens is 412 g/mol. The fraction of sp³-hybridized carbons (Fsp3) is 0.174. The van der Waals surface area contributed by atoms with Crippen LogP contribution < -0.4 is 10.6 Å². The molecule has 0 unspecified atom stereocenters. The van der Waals surface area contributed by atoms with Crippen molar-refractivity contribution in [3.8, 4) is 0 Å². The average molecular weight is 435 g/mol. The number of carbonyl (C=O) groups is 1. The van der Waals surface area contributed by atoms with Gasteiger partial charge < -0.3 is 10.6 Å². The van der Waals surface area contributed by atoms with Gasteiger partial charge in [-0.25, -0.2) is 9.97 Å². The summed E-state index contributed by atoms with van der Waals surface area (Å²) in [5.74, 6) is 0.457. The summed E-state index contributed by atoms with van der Waals surface area (Å²) in [6, 6.07) is 15.2. The van der Waals surface area contributed by atoms with Gasteiger partial charge in [-0.15, -0.1) is 11.3 Å². The largest absolute Gasteiger partial charge is 0.343 e. The van der Waals surface area contributed by atoms with Gasteiger partial charge in [-0.2, -0.15) is 11.3 Å². The van der Waals surface area contributed by atoms with Crippen molar-refractivity contribution >= 4 is 39.5 Å². The number of thiophene rings is 2. The molecule has 4 aromatic rings. The molecule has 0 aliphatic heterocycles. The van der Waals surface area contributed by atoms with E-state index in [0.29, 0.717) is 11.5 Å². The molecule has 1 aromatic carbocycles. The lowest BCUT2D eigenvalue weighted by atomic mass is 10.0. The molecule has 1 atom stereocenters. The highest BCUT2D eigenvalue weighted by molar-refractivity contribution is 7.16. The van der Waals surface area contributed by atoms with Gasteiger partial charge in [0.1, 0.15) is 5.00 Å². The number of nitrogens with one attached hydrogen (secondary N) is 2. The molecule has 0 aliphatic carbocycles. The summed E-state index contributed by atoms with van der Waals surface area (Å²) in [7, 11) is 0.